The SMILES string of the molecule is CCOC(=O)C[n+]1c(C)n(N)c2ccccc21.Cc1cc(C)c(S(=O)(=O)[O-])c(C)c1. The van der Waals surface area contributed by atoms with Gasteiger partial charge in [-0.2, -0.15) is 0 Å². The molecule has 0 amide bonds. The second-order valence-corrected chi connectivity index (χ2v) is 8.30. The van der Waals surface area contributed by atoms with E-state index >= 15 is 0 Å². The van der Waals surface area contributed by atoms with Crippen LogP contribution in [0.5, 0.6) is 0 Å². The molecule has 1 aromatic heterocycles. The predicted molar refractivity (Wildman–Crippen MR) is 112 cm³/mol. The number of nitrogen functional groups attached to an aromatic ring is 1. The van der Waals surface area contributed by atoms with E-state index in [4.69, 9.17) is 10.6 Å². The van der Waals surface area contributed by atoms with Crippen molar-refractivity contribution in [1.82, 2.24) is 4.68 Å². The maximum Gasteiger partial charge on any atom is 0.348 e. The van der Waals surface area contributed by atoms with Crippen molar-refractivity contribution in [3.8, 4) is 0 Å². The fourth-order valence-corrected chi connectivity index (χ4v) is 4.38. The number of ether oxygens (including phenoxy) is 1. The van der Waals surface area contributed by atoms with E-state index in [0.29, 0.717) is 17.7 Å². The van der Waals surface area contributed by atoms with Crippen LogP contribution in [0.15, 0.2) is 41.3 Å². The third-order valence-corrected chi connectivity index (χ3v) is 5.76. The molecule has 0 bridgehead atoms. The Kier molecular flexibility index (Phi) is 7.22. The highest BCUT2D eigenvalue weighted by Crippen LogP contribution is 2.20. The molecule has 2 aromatic carbocycles. The number of hydrogen-bond donors (Lipinski definition) is 1. The van der Waals surface area contributed by atoms with Gasteiger partial charge in [0, 0.05) is 6.92 Å². The van der Waals surface area contributed by atoms with E-state index in [1.807, 2.05) is 42.7 Å². The van der Waals surface area contributed by atoms with Gasteiger partial charge in [-0.05, 0) is 51.0 Å². The number of benzene rings is 2. The maximum absolute atomic E-state index is 11.5. The molecule has 1 heterocycles. The maximum atomic E-state index is 11.5. The summed E-state index contributed by atoms with van der Waals surface area (Å²) in [4.78, 5) is 11.4. The van der Waals surface area contributed by atoms with Gasteiger partial charge in [-0.25, -0.2) is 17.8 Å². The number of imidazole rings is 1. The third kappa shape index (κ3) is 5.17. The molecule has 0 atom stereocenters. The number of esters is 1. The van der Waals surface area contributed by atoms with Crippen molar-refractivity contribution < 1.29 is 27.1 Å². The molecule has 0 aliphatic carbocycles. The van der Waals surface area contributed by atoms with Crippen LogP contribution >= 0.6 is 0 Å². The van der Waals surface area contributed by atoms with Crippen molar-refractivity contribution in [2.45, 2.75) is 46.1 Å². The first-order valence-corrected chi connectivity index (χ1v) is 10.8. The molecule has 0 aliphatic rings. The number of fused-ring (bicyclic) bond motifs is 1. The Morgan fingerprint density at radius 2 is 1.70 bits per heavy atom. The summed E-state index contributed by atoms with van der Waals surface area (Å²) in [6.45, 7) is 9.36. The fourth-order valence-electron chi connectivity index (χ4n) is 3.47. The summed E-state index contributed by atoms with van der Waals surface area (Å²) in [6, 6.07) is 11.1. The molecule has 30 heavy (non-hydrogen) atoms. The molecule has 0 saturated carbocycles. The normalized spacial score (nSPS) is 11.1. The van der Waals surface area contributed by atoms with Crippen LogP contribution in [0.3, 0.4) is 0 Å². The van der Waals surface area contributed by atoms with Crippen molar-refractivity contribution in [3.05, 3.63) is 58.9 Å². The number of nitrogens with two attached hydrogens (primary N) is 1. The Morgan fingerprint density at radius 1 is 1.13 bits per heavy atom. The van der Waals surface area contributed by atoms with Gasteiger partial charge in [0.15, 0.2) is 17.6 Å². The first kappa shape index (κ1) is 23.4. The summed E-state index contributed by atoms with van der Waals surface area (Å²) < 4.78 is 40.9. The minimum absolute atomic E-state index is 0.0851. The van der Waals surface area contributed by atoms with Gasteiger partial charge in [0.1, 0.15) is 10.1 Å². The van der Waals surface area contributed by atoms with Gasteiger partial charge in [0.05, 0.1) is 11.5 Å². The molecule has 8 nitrogen and oxygen atoms in total. The summed E-state index contributed by atoms with van der Waals surface area (Å²) in [7, 11) is -4.33. The molecular weight excluding hydrogens is 406 g/mol. The van der Waals surface area contributed by atoms with Crippen molar-refractivity contribution >= 4 is 27.1 Å². The van der Waals surface area contributed by atoms with Gasteiger partial charge >= 0.3 is 5.97 Å². The zero-order chi connectivity index (χ0) is 22.6. The molecule has 9 heteroatoms. The van der Waals surface area contributed by atoms with Gasteiger partial charge in [0.25, 0.3) is 5.82 Å². The molecule has 3 rings (SSSR count). The molecule has 3 aromatic rings. The van der Waals surface area contributed by atoms with E-state index in [1.165, 1.54) is 0 Å². The van der Waals surface area contributed by atoms with E-state index in [1.54, 1.807) is 37.6 Å². The molecule has 0 spiro atoms. The fraction of sp³-hybridized carbons (Fsp3) is 0.333. The van der Waals surface area contributed by atoms with Crippen LogP contribution in [-0.4, -0.2) is 30.2 Å². The monoisotopic (exact) mass is 433 g/mol. The van der Waals surface area contributed by atoms with Crippen LogP contribution in [0.2, 0.25) is 0 Å². The van der Waals surface area contributed by atoms with E-state index in [-0.39, 0.29) is 17.4 Å². The third-order valence-electron chi connectivity index (χ3n) is 4.62. The Labute approximate surface area is 176 Å². The average molecular weight is 434 g/mol. The molecule has 0 saturated heterocycles. The Hall–Kier alpha value is -2.91. The van der Waals surface area contributed by atoms with Crippen LogP contribution in [-0.2, 0) is 26.2 Å². The lowest BCUT2D eigenvalue weighted by Crippen LogP contribution is -2.41. The summed E-state index contributed by atoms with van der Waals surface area (Å²) in [5.74, 6) is 6.50. The predicted octanol–water partition coefficient (Wildman–Crippen LogP) is 2.03. The van der Waals surface area contributed by atoms with Crippen molar-refractivity contribution in [2.75, 3.05) is 12.4 Å². The highest BCUT2D eigenvalue weighted by Gasteiger charge is 2.22. The first-order chi connectivity index (χ1) is 14.0. The van der Waals surface area contributed by atoms with Crippen LogP contribution in [0.4, 0.5) is 0 Å². The lowest BCUT2D eigenvalue weighted by atomic mass is 10.1. The number of aryl methyl sites for hydroxylation is 3. The van der Waals surface area contributed by atoms with Gasteiger partial charge in [-0.15, -0.1) is 4.68 Å². The van der Waals surface area contributed by atoms with E-state index in [2.05, 4.69) is 0 Å². The lowest BCUT2D eigenvalue weighted by Gasteiger charge is -2.14. The number of carbonyl (C=O) groups is 1. The largest absolute Gasteiger partial charge is 0.744 e. The number of nitrogens with zero attached hydrogens (tertiary/aromatic N) is 2. The van der Waals surface area contributed by atoms with Crippen LogP contribution in [0.1, 0.15) is 29.4 Å². The smallest absolute Gasteiger partial charge is 0.348 e. The van der Waals surface area contributed by atoms with Crippen LogP contribution in [0.25, 0.3) is 11.0 Å². The topological polar surface area (TPSA) is 118 Å². The Morgan fingerprint density at radius 3 is 2.23 bits per heavy atom. The Balaban J connectivity index is 0.000000222. The van der Waals surface area contributed by atoms with E-state index in [0.717, 1.165) is 22.4 Å². The van der Waals surface area contributed by atoms with Crippen molar-refractivity contribution in [1.29, 1.82) is 0 Å². The second kappa shape index (κ2) is 9.27. The number of hydrogen-bond acceptors (Lipinski definition) is 6. The second-order valence-electron chi connectivity index (χ2n) is 6.98. The zero-order valence-electron chi connectivity index (χ0n) is 17.8. The minimum Gasteiger partial charge on any atom is -0.744 e. The minimum atomic E-state index is -4.33. The highest BCUT2D eigenvalue weighted by molar-refractivity contribution is 7.85. The summed E-state index contributed by atoms with van der Waals surface area (Å²) in [5.41, 5.74) is 3.83. The molecule has 0 radical (unpaired) electrons. The quantitative estimate of drug-likeness (QED) is 0.291. The van der Waals surface area contributed by atoms with E-state index in [9.17, 15) is 17.8 Å². The van der Waals surface area contributed by atoms with Crippen molar-refractivity contribution in [3.63, 3.8) is 0 Å². The Bertz CT molecular complexity index is 1160. The summed E-state index contributed by atoms with van der Waals surface area (Å²) in [5, 5.41) is 0. The number of para-hydroxylation sites is 2. The number of rotatable bonds is 4. The van der Waals surface area contributed by atoms with Gasteiger partial charge < -0.3 is 9.29 Å². The number of aromatic nitrogens is 2. The van der Waals surface area contributed by atoms with Gasteiger partial charge in [-0.1, -0.05) is 29.8 Å². The molecule has 0 fully saturated rings. The molecule has 0 unspecified atom stereocenters. The van der Waals surface area contributed by atoms with Gasteiger partial charge in [-0.3, -0.25) is 5.84 Å². The lowest BCUT2D eigenvalue weighted by molar-refractivity contribution is -0.667. The molecule has 2 N–H and O–H groups in total. The zero-order valence-corrected chi connectivity index (χ0v) is 18.6. The highest BCUT2D eigenvalue weighted by atomic mass is 32.2. The van der Waals surface area contributed by atoms with Gasteiger partial charge in [0.2, 0.25) is 0 Å². The summed E-state index contributed by atoms with van der Waals surface area (Å²) in [6.07, 6.45) is 0. The average Bonchev–Trinajstić information content (AvgIpc) is 2.86. The van der Waals surface area contributed by atoms with Crippen LogP contribution < -0.4 is 10.4 Å². The molecular formula is C21H27N3O5S. The summed E-state index contributed by atoms with van der Waals surface area (Å²) >= 11 is 0. The van der Waals surface area contributed by atoms with Crippen molar-refractivity contribution in [2.24, 2.45) is 0 Å². The standard InChI is InChI=1S/C12H16N3O2.C9H12O3S/c1-3-17-12(16)8-14-9(2)15(13)11-7-5-4-6-10(11)14;1-6-4-7(2)9(8(3)5-6)13(10,11)12/h4-7H,3,8,13H2,1-2H3;4-5H,1-3H3,(H,10,11,12)/q+1;/p-1. The molecule has 0 aliphatic heterocycles. The first-order valence-electron chi connectivity index (χ1n) is 9.41. The van der Waals surface area contributed by atoms with Crippen LogP contribution in [0, 0.1) is 27.7 Å². The molecule has 162 valence electrons. The number of carbonyl (C=O) groups excluding carboxylic acids is 1. The van der Waals surface area contributed by atoms with E-state index < -0.39 is 10.1 Å².